The predicted molar refractivity (Wildman–Crippen MR) is 98.3 cm³/mol. The van der Waals surface area contributed by atoms with Crippen molar-refractivity contribution in [1.82, 2.24) is 4.98 Å². The van der Waals surface area contributed by atoms with Crippen LogP contribution in [0, 0.1) is 24.0 Å². The van der Waals surface area contributed by atoms with E-state index in [0.29, 0.717) is 11.3 Å². The molecular formula is C18H19N3O7. The van der Waals surface area contributed by atoms with Crippen molar-refractivity contribution in [3.05, 3.63) is 56.4 Å². The van der Waals surface area contributed by atoms with Crippen molar-refractivity contribution in [2.45, 2.75) is 20.8 Å². The number of ketones is 1. The van der Waals surface area contributed by atoms with Crippen LogP contribution in [-0.4, -0.2) is 40.8 Å². The fourth-order valence-corrected chi connectivity index (χ4v) is 2.69. The van der Waals surface area contributed by atoms with E-state index in [1.165, 1.54) is 12.1 Å². The smallest absolute Gasteiger partial charge is 0.355 e. The number of nitrogens with one attached hydrogen (secondary N) is 1. The van der Waals surface area contributed by atoms with Gasteiger partial charge in [0.15, 0.2) is 6.61 Å². The van der Waals surface area contributed by atoms with Gasteiger partial charge in [0, 0.05) is 17.3 Å². The number of hydrogen-bond donors (Lipinski definition) is 2. The Hall–Kier alpha value is -3.69. The van der Waals surface area contributed by atoms with Crippen LogP contribution >= 0.6 is 0 Å². The number of aromatic amines is 1. The van der Waals surface area contributed by atoms with Crippen LogP contribution in [0.1, 0.15) is 49.4 Å². The second-order valence-corrected chi connectivity index (χ2v) is 5.88. The molecule has 2 aromatic rings. The quantitative estimate of drug-likeness (QED) is 0.240. The van der Waals surface area contributed by atoms with E-state index >= 15 is 0 Å². The second-order valence-electron chi connectivity index (χ2n) is 5.88. The highest BCUT2D eigenvalue weighted by Gasteiger charge is 2.24. The molecule has 0 bridgehead atoms. The van der Waals surface area contributed by atoms with E-state index < -0.39 is 34.9 Å². The van der Waals surface area contributed by atoms with E-state index in [1.54, 1.807) is 20.8 Å². The van der Waals surface area contributed by atoms with Gasteiger partial charge in [-0.1, -0.05) is 0 Å². The molecule has 0 radical (unpaired) electrons. The number of H-pyrrole nitrogens is 1. The van der Waals surface area contributed by atoms with Crippen LogP contribution in [0.3, 0.4) is 0 Å². The Morgan fingerprint density at radius 1 is 1.18 bits per heavy atom. The molecule has 0 saturated carbocycles. The van der Waals surface area contributed by atoms with Crippen LogP contribution in [0.2, 0.25) is 0 Å². The Morgan fingerprint density at radius 3 is 2.46 bits per heavy atom. The summed E-state index contributed by atoms with van der Waals surface area (Å²) < 4.78 is 9.89. The normalized spacial score (nSPS) is 10.4. The molecule has 0 saturated heterocycles. The van der Waals surface area contributed by atoms with Gasteiger partial charge in [-0.25, -0.2) is 9.59 Å². The van der Waals surface area contributed by atoms with E-state index in [1.807, 2.05) is 0 Å². The summed E-state index contributed by atoms with van der Waals surface area (Å²) in [7, 11) is 0. The molecule has 28 heavy (non-hydrogen) atoms. The fraction of sp³-hybridized carbons (Fsp3) is 0.278. The predicted octanol–water partition coefficient (Wildman–Crippen LogP) is 2.34. The van der Waals surface area contributed by atoms with Gasteiger partial charge in [0.25, 0.3) is 5.69 Å². The Labute approximate surface area is 159 Å². The fourth-order valence-electron chi connectivity index (χ4n) is 2.69. The van der Waals surface area contributed by atoms with Crippen molar-refractivity contribution in [3.63, 3.8) is 0 Å². The van der Waals surface area contributed by atoms with Crippen LogP contribution in [0.5, 0.6) is 0 Å². The van der Waals surface area contributed by atoms with Gasteiger partial charge in [-0.2, -0.15) is 0 Å². The molecular weight excluding hydrogens is 370 g/mol. The first kappa shape index (κ1) is 20.6. The van der Waals surface area contributed by atoms with Gasteiger partial charge in [0.2, 0.25) is 5.78 Å². The summed E-state index contributed by atoms with van der Waals surface area (Å²) in [5.41, 5.74) is 6.05. The maximum atomic E-state index is 12.5. The Kier molecular flexibility index (Phi) is 6.14. The first-order chi connectivity index (χ1) is 13.2. The zero-order chi connectivity index (χ0) is 21.0. The van der Waals surface area contributed by atoms with Crippen LogP contribution in [0.25, 0.3) is 0 Å². The number of Topliss-reactive ketones (excluding diaryl/α,β-unsaturated/α-hetero) is 1. The highest BCUT2D eigenvalue weighted by molar-refractivity contribution is 6.04. The molecule has 0 aliphatic heterocycles. The highest BCUT2D eigenvalue weighted by Crippen LogP contribution is 2.23. The monoisotopic (exact) mass is 389 g/mol. The number of aryl methyl sites for hydroxylation is 1. The summed E-state index contributed by atoms with van der Waals surface area (Å²) in [6.45, 7) is 4.43. The van der Waals surface area contributed by atoms with Crippen molar-refractivity contribution in [2.75, 3.05) is 18.9 Å². The summed E-state index contributed by atoms with van der Waals surface area (Å²) >= 11 is 0. The SMILES string of the molecule is CCOC(=O)c1[nH]c(C)c(C(=O)COC(=O)c2ccc(N)c([N+](=O)[O-])c2)c1C. The minimum Gasteiger partial charge on any atom is -0.461 e. The van der Waals surface area contributed by atoms with Gasteiger partial charge in [-0.3, -0.25) is 14.9 Å². The number of nitro benzene ring substituents is 1. The summed E-state index contributed by atoms with van der Waals surface area (Å²) in [6, 6.07) is 3.46. The molecule has 10 heteroatoms. The third-order valence-electron chi connectivity index (χ3n) is 3.99. The average Bonchev–Trinajstić information content (AvgIpc) is 2.94. The lowest BCUT2D eigenvalue weighted by Crippen LogP contribution is -2.16. The molecule has 3 N–H and O–H groups in total. The van der Waals surface area contributed by atoms with Gasteiger partial charge >= 0.3 is 11.9 Å². The molecule has 1 heterocycles. The van der Waals surface area contributed by atoms with Gasteiger partial charge in [0.05, 0.1) is 17.1 Å². The van der Waals surface area contributed by atoms with Crippen LogP contribution in [0.15, 0.2) is 18.2 Å². The zero-order valence-electron chi connectivity index (χ0n) is 15.5. The largest absolute Gasteiger partial charge is 0.461 e. The number of nitrogen functional groups attached to an aromatic ring is 1. The number of nitrogens with zero attached hydrogens (tertiary/aromatic N) is 1. The number of anilines is 1. The molecule has 0 atom stereocenters. The van der Waals surface area contributed by atoms with Gasteiger partial charge in [0.1, 0.15) is 11.4 Å². The highest BCUT2D eigenvalue weighted by atomic mass is 16.6. The Morgan fingerprint density at radius 2 is 1.86 bits per heavy atom. The third kappa shape index (κ3) is 4.17. The minimum absolute atomic E-state index is 0.0947. The number of carbonyl (C=O) groups is 3. The molecule has 0 aliphatic rings. The number of benzene rings is 1. The number of hydrogen-bond acceptors (Lipinski definition) is 8. The van der Waals surface area contributed by atoms with Gasteiger partial charge < -0.3 is 20.2 Å². The standard InChI is InChI=1S/C18H19N3O7/c1-4-27-18(24)16-9(2)15(10(3)20-16)14(22)8-28-17(23)11-5-6-12(19)13(7-11)21(25)26/h5-7,20H,4,8,19H2,1-3H3. The number of carbonyl (C=O) groups excluding carboxylic acids is 3. The number of nitrogens with two attached hydrogens (primary N) is 1. The van der Waals surface area contributed by atoms with Crippen molar-refractivity contribution in [3.8, 4) is 0 Å². The maximum absolute atomic E-state index is 12.5. The lowest BCUT2D eigenvalue weighted by molar-refractivity contribution is -0.383. The first-order valence-corrected chi connectivity index (χ1v) is 8.27. The maximum Gasteiger partial charge on any atom is 0.355 e. The van der Waals surface area contributed by atoms with Gasteiger partial charge in [-0.05, 0) is 38.5 Å². The number of nitro groups is 1. The lowest BCUT2D eigenvalue weighted by Gasteiger charge is -2.06. The Bertz CT molecular complexity index is 962. The number of ether oxygens (including phenoxy) is 2. The topological polar surface area (TPSA) is 155 Å². The summed E-state index contributed by atoms with van der Waals surface area (Å²) in [4.78, 5) is 49.5. The first-order valence-electron chi connectivity index (χ1n) is 8.27. The Balaban J connectivity index is 2.14. The molecule has 148 valence electrons. The van der Waals surface area contributed by atoms with E-state index in [-0.39, 0.29) is 29.1 Å². The van der Waals surface area contributed by atoms with E-state index in [4.69, 9.17) is 15.2 Å². The molecule has 0 unspecified atom stereocenters. The molecule has 0 aliphatic carbocycles. The molecule has 1 aromatic carbocycles. The van der Waals surface area contributed by atoms with Crippen LogP contribution < -0.4 is 5.73 Å². The molecule has 2 rings (SSSR count). The molecule has 0 fully saturated rings. The van der Waals surface area contributed by atoms with Gasteiger partial charge in [-0.15, -0.1) is 0 Å². The molecule has 10 nitrogen and oxygen atoms in total. The van der Waals surface area contributed by atoms with E-state index in [2.05, 4.69) is 4.98 Å². The van der Waals surface area contributed by atoms with Crippen LogP contribution in [0.4, 0.5) is 11.4 Å². The van der Waals surface area contributed by atoms with E-state index in [9.17, 15) is 24.5 Å². The number of aromatic nitrogens is 1. The average molecular weight is 389 g/mol. The number of rotatable bonds is 7. The summed E-state index contributed by atoms with van der Waals surface area (Å²) in [5.74, 6) is -2.03. The van der Waals surface area contributed by atoms with Crippen LogP contribution in [-0.2, 0) is 9.47 Å². The van der Waals surface area contributed by atoms with E-state index in [0.717, 1.165) is 6.07 Å². The molecule has 0 amide bonds. The van der Waals surface area contributed by atoms with Crippen molar-refractivity contribution in [2.24, 2.45) is 0 Å². The van der Waals surface area contributed by atoms with Crippen molar-refractivity contribution in [1.29, 1.82) is 0 Å². The summed E-state index contributed by atoms with van der Waals surface area (Å²) in [5, 5.41) is 10.9. The summed E-state index contributed by atoms with van der Waals surface area (Å²) in [6.07, 6.45) is 0. The van der Waals surface area contributed by atoms with Crippen molar-refractivity contribution >= 4 is 29.1 Å². The lowest BCUT2D eigenvalue weighted by atomic mass is 10.1. The minimum atomic E-state index is -0.909. The number of esters is 2. The zero-order valence-corrected chi connectivity index (χ0v) is 15.5. The third-order valence-corrected chi connectivity index (χ3v) is 3.99. The van der Waals surface area contributed by atoms with Crippen molar-refractivity contribution < 1.29 is 28.8 Å². The molecule has 0 spiro atoms. The second kappa shape index (κ2) is 8.33. The molecule has 1 aromatic heterocycles.